The van der Waals surface area contributed by atoms with Crippen LogP contribution in [0, 0.1) is 5.82 Å². The molecule has 0 saturated heterocycles. The monoisotopic (exact) mass is 531 g/mol. The molecule has 0 amide bonds. The van der Waals surface area contributed by atoms with Crippen LogP contribution >= 0.6 is 0 Å². The van der Waals surface area contributed by atoms with Crippen LogP contribution in [0.15, 0.2) is 71.6 Å². The van der Waals surface area contributed by atoms with Crippen molar-refractivity contribution in [3.05, 3.63) is 89.2 Å². The van der Waals surface area contributed by atoms with E-state index < -0.39 is 46.2 Å². The summed E-state index contributed by atoms with van der Waals surface area (Å²) in [4.78, 5) is 3.84. The lowest BCUT2D eigenvalue weighted by Gasteiger charge is -2.13. The molecular formula is C23H16F7N3O2S. The maximum absolute atomic E-state index is 13.9. The highest BCUT2D eigenvalue weighted by Gasteiger charge is 2.34. The zero-order valence-electron chi connectivity index (χ0n) is 18.0. The van der Waals surface area contributed by atoms with E-state index in [1.165, 1.54) is 42.5 Å². The van der Waals surface area contributed by atoms with Crippen molar-refractivity contribution in [2.75, 3.05) is 4.72 Å². The average Bonchev–Trinajstić information content (AvgIpc) is 3.07. The average molecular weight is 531 g/mol. The Kier molecular flexibility index (Phi) is 6.45. The lowest BCUT2D eigenvalue weighted by molar-refractivity contribution is -0.140. The van der Waals surface area contributed by atoms with Crippen LogP contribution in [0.5, 0.6) is 0 Å². The molecule has 190 valence electrons. The summed E-state index contributed by atoms with van der Waals surface area (Å²) in [6, 6.07) is 13.5. The van der Waals surface area contributed by atoms with E-state index in [4.69, 9.17) is 0 Å². The molecule has 0 saturated carbocycles. The second-order valence-electron chi connectivity index (χ2n) is 7.87. The summed E-state index contributed by atoms with van der Waals surface area (Å²) in [5, 5.41) is 0. The molecule has 0 aliphatic rings. The summed E-state index contributed by atoms with van der Waals surface area (Å²) < 4.78 is 120. The molecule has 3 aromatic carbocycles. The molecule has 0 atom stereocenters. The SMILES string of the molecule is O=S(=O)(Nc1nc2cc(Cc3ccc(C(F)(F)F)c(F)c3)ccc2n1CC(F)(F)F)c1ccccc1. The Labute approximate surface area is 200 Å². The van der Waals surface area contributed by atoms with E-state index in [-0.39, 0.29) is 27.9 Å². The number of hydrogen-bond donors (Lipinski definition) is 1. The van der Waals surface area contributed by atoms with Crippen LogP contribution in [0.1, 0.15) is 16.7 Å². The van der Waals surface area contributed by atoms with E-state index in [9.17, 15) is 39.2 Å². The molecule has 1 N–H and O–H groups in total. The van der Waals surface area contributed by atoms with Crippen LogP contribution in [0.2, 0.25) is 0 Å². The highest BCUT2D eigenvalue weighted by molar-refractivity contribution is 7.92. The Hall–Kier alpha value is -3.61. The predicted octanol–water partition coefficient (Wildman–Crippen LogP) is 6.15. The molecule has 4 rings (SSSR count). The van der Waals surface area contributed by atoms with Gasteiger partial charge in [-0.25, -0.2) is 22.5 Å². The van der Waals surface area contributed by atoms with Crippen molar-refractivity contribution < 1.29 is 39.2 Å². The Morgan fingerprint density at radius 1 is 0.861 bits per heavy atom. The molecule has 0 aliphatic heterocycles. The van der Waals surface area contributed by atoms with Crippen LogP contribution in [0.25, 0.3) is 11.0 Å². The third-order valence-electron chi connectivity index (χ3n) is 5.18. The van der Waals surface area contributed by atoms with E-state index in [2.05, 4.69) is 9.71 Å². The van der Waals surface area contributed by atoms with E-state index >= 15 is 0 Å². The number of aromatic nitrogens is 2. The zero-order chi connectivity index (χ0) is 26.3. The maximum atomic E-state index is 13.9. The first kappa shape index (κ1) is 25.5. The van der Waals surface area contributed by atoms with Gasteiger partial charge in [-0.2, -0.15) is 26.3 Å². The fourth-order valence-electron chi connectivity index (χ4n) is 3.62. The van der Waals surface area contributed by atoms with Gasteiger partial charge in [0, 0.05) is 0 Å². The van der Waals surface area contributed by atoms with E-state index in [1.54, 1.807) is 6.07 Å². The number of rotatable bonds is 6. The molecule has 1 heterocycles. The molecule has 0 aliphatic carbocycles. The fourth-order valence-corrected chi connectivity index (χ4v) is 4.64. The first-order chi connectivity index (χ1) is 16.7. The van der Waals surface area contributed by atoms with Gasteiger partial charge in [0.05, 0.1) is 21.5 Å². The summed E-state index contributed by atoms with van der Waals surface area (Å²) in [6.45, 7) is -1.53. The first-order valence-corrected chi connectivity index (χ1v) is 11.7. The van der Waals surface area contributed by atoms with Gasteiger partial charge < -0.3 is 4.57 Å². The zero-order valence-corrected chi connectivity index (χ0v) is 18.8. The summed E-state index contributed by atoms with van der Waals surface area (Å²) in [7, 11) is -4.25. The molecule has 0 fully saturated rings. The molecule has 0 radical (unpaired) electrons. The van der Waals surface area contributed by atoms with Crippen LogP contribution in [-0.4, -0.2) is 24.1 Å². The van der Waals surface area contributed by atoms with Gasteiger partial charge in [-0.1, -0.05) is 30.3 Å². The highest BCUT2D eigenvalue weighted by atomic mass is 32.2. The quantitative estimate of drug-likeness (QED) is 0.304. The van der Waals surface area contributed by atoms with Gasteiger partial charge in [-0.15, -0.1) is 0 Å². The lowest BCUT2D eigenvalue weighted by atomic mass is 10.0. The lowest BCUT2D eigenvalue weighted by Crippen LogP contribution is -2.22. The highest BCUT2D eigenvalue weighted by Crippen LogP contribution is 2.32. The van der Waals surface area contributed by atoms with Crippen molar-refractivity contribution in [2.45, 2.75) is 30.2 Å². The fraction of sp³-hybridized carbons (Fsp3) is 0.174. The van der Waals surface area contributed by atoms with Crippen molar-refractivity contribution in [2.24, 2.45) is 0 Å². The summed E-state index contributed by atoms with van der Waals surface area (Å²) in [5.41, 5.74) is -0.825. The van der Waals surface area contributed by atoms with Gasteiger partial charge in [0.1, 0.15) is 12.4 Å². The number of anilines is 1. The van der Waals surface area contributed by atoms with Gasteiger partial charge in [-0.05, 0) is 53.9 Å². The normalized spacial score (nSPS) is 12.8. The molecule has 36 heavy (non-hydrogen) atoms. The van der Waals surface area contributed by atoms with Gasteiger partial charge in [0.2, 0.25) is 5.95 Å². The van der Waals surface area contributed by atoms with Gasteiger partial charge >= 0.3 is 12.4 Å². The number of alkyl halides is 6. The standard InChI is InChI=1S/C23H16F7N3O2S/c24-18-11-14(6-8-17(18)23(28,29)30)10-15-7-9-20-19(12-15)31-21(33(20)13-22(25,26)27)32-36(34,35)16-4-2-1-3-5-16/h1-9,11-12H,10,13H2,(H,31,32). The molecule has 4 aromatic rings. The summed E-state index contributed by atoms with van der Waals surface area (Å²) in [6.07, 6.45) is -9.59. The minimum atomic E-state index is -4.85. The molecular weight excluding hydrogens is 515 g/mol. The first-order valence-electron chi connectivity index (χ1n) is 10.2. The number of nitrogens with zero attached hydrogens (tertiary/aromatic N) is 2. The van der Waals surface area contributed by atoms with Crippen molar-refractivity contribution in [1.82, 2.24) is 9.55 Å². The molecule has 5 nitrogen and oxygen atoms in total. The number of sulfonamides is 1. The minimum Gasteiger partial charge on any atom is -0.300 e. The van der Waals surface area contributed by atoms with Gasteiger partial charge in [0.25, 0.3) is 10.0 Å². The molecule has 1 aromatic heterocycles. The Balaban J connectivity index is 1.70. The largest absolute Gasteiger partial charge is 0.419 e. The van der Waals surface area contributed by atoms with Crippen LogP contribution in [0.4, 0.5) is 36.7 Å². The summed E-state index contributed by atoms with van der Waals surface area (Å²) >= 11 is 0. The predicted molar refractivity (Wildman–Crippen MR) is 117 cm³/mol. The van der Waals surface area contributed by atoms with Crippen LogP contribution in [0.3, 0.4) is 0 Å². The summed E-state index contributed by atoms with van der Waals surface area (Å²) in [5.74, 6) is -2.02. The molecule has 0 spiro atoms. The van der Waals surface area contributed by atoms with E-state index in [0.29, 0.717) is 16.2 Å². The van der Waals surface area contributed by atoms with Crippen LogP contribution in [-0.2, 0) is 29.2 Å². The minimum absolute atomic E-state index is 0.00916. The van der Waals surface area contributed by atoms with Crippen molar-refractivity contribution in [3.8, 4) is 0 Å². The van der Waals surface area contributed by atoms with Crippen LogP contribution < -0.4 is 4.72 Å². The maximum Gasteiger partial charge on any atom is 0.419 e. The molecule has 0 unspecified atom stereocenters. The number of benzene rings is 3. The number of fused-ring (bicyclic) bond motifs is 1. The third-order valence-corrected chi connectivity index (χ3v) is 6.52. The number of hydrogen-bond acceptors (Lipinski definition) is 3. The topological polar surface area (TPSA) is 64.0 Å². The van der Waals surface area contributed by atoms with Crippen molar-refractivity contribution in [3.63, 3.8) is 0 Å². The number of imidazole rings is 1. The number of nitrogens with one attached hydrogen (secondary N) is 1. The molecule has 13 heteroatoms. The van der Waals surface area contributed by atoms with Crippen molar-refractivity contribution >= 4 is 27.0 Å². The second-order valence-corrected chi connectivity index (χ2v) is 9.55. The molecule has 0 bridgehead atoms. The Bertz CT molecular complexity index is 1510. The smallest absolute Gasteiger partial charge is 0.300 e. The Morgan fingerprint density at radius 3 is 2.11 bits per heavy atom. The second kappa shape index (κ2) is 9.12. The van der Waals surface area contributed by atoms with E-state index in [0.717, 1.165) is 12.1 Å². The third kappa shape index (κ3) is 5.61. The van der Waals surface area contributed by atoms with Gasteiger partial charge in [-0.3, -0.25) is 0 Å². The van der Waals surface area contributed by atoms with Gasteiger partial charge in [0.15, 0.2) is 0 Å². The van der Waals surface area contributed by atoms with Crippen molar-refractivity contribution in [1.29, 1.82) is 0 Å². The Morgan fingerprint density at radius 2 is 1.50 bits per heavy atom. The van der Waals surface area contributed by atoms with E-state index in [1.807, 2.05) is 0 Å². The number of halogens is 7.